The van der Waals surface area contributed by atoms with Gasteiger partial charge >= 0.3 is 12.6 Å². The highest BCUT2D eigenvalue weighted by atomic mass is 79.9. The molecular weight excluding hydrogens is 520 g/mol. The molecule has 0 aliphatic carbocycles. The van der Waals surface area contributed by atoms with Crippen LogP contribution >= 0.6 is 15.9 Å². The standard InChI is InChI=1S/C26H28BrF2N3O3/c1-3-4-5-6-9-14-34-24(33)22-16(2)30-26-31-19-10-7-8-11-20(19)32(26)23(22)18-15-17(27)12-13-21(18)35-25(28)29/h7-8,10-13,15,23,25H,3-6,9,14H2,1-2H3,(H,30,31)/t23-/m0/s1. The summed E-state index contributed by atoms with van der Waals surface area (Å²) in [5.41, 5.74) is 2.74. The fraction of sp³-hybridized carbons (Fsp3) is 0.385. The Hall–Kier alpha value is -2.94. The van der Waals surface area contributed by atoms with Crippen molar-refractivity contribution in [2.75, 3.05) is 11.9 Å². The molecule has 0 radical (unpaired) electrons. The van der Waals surface area contributed by atoms with E-state index in [-0.39, 0.29) is 5.75 Å². The molecule has 1 atom stereocenters. The van der Waals surface area contributed by atoms with Crippen molar-refractivity contribution in [1.82, 2.24) is 9.55 Å². The maximum Gasteiger partial charge on any atom is 0.387 e. The number of nitrogens with one attached hydrogen (secondary N) is 1. The zero-order valence-electron chi connectivity index (χ0n) is 19.7. The van der Waals surface area contributed by atoms with Crippen LogP contribution in [0.15, 0.2) is 58.2 Å². The number of aromatic nitrogens is 2. The van der Waals surface area contributed by atoms with E-state index < -0.39 is 18.6 Å². The molecule has 0 unspecified atom stereocenters. The van der Waals surface area contributed by atoms with E-state index in [1.165, 1.54) is 6.07 Å². The Morgan fingerprint density at radius 3 is 2.71 bits per heavy atom. The first-order valence-corrected chi connectivity index (χ1v) is 12.6. The average Bonchev–Trinajstić information content (AvgIpc) is 3.19. The molecule has 6 nitrogen and oxygen atoms in total. The monoisotopic (exact) mass is 547 g/mol. The van der Waals surface area contributed by atoms with Gasteiger partial charge in [0, 0.05) is 15.7 Å². The quantitative estimate of drug-likeness (QED) is 0.214. The van der Waals surface area contributed by atoms with Crippen LogP contribution in [-0.2, 0) is 9.53 Å². The van der Waals surface area contributed by atoms with E-state index in [2.05, 4.69) is 33.2 Å². The number of para-hydroxylation sites is 2. The Morgan fingerprint density at radius 2 is 1.94 bits per heavy atom. The van der Waals surface area contributed by atoms with Gasteiger partial charge in [-0.05, 0) is 43.7 Å². The van der Waals surface area contributed by atoms with Gasteiger partial charge in [0.15, 0.2) is 0 Å². The van der Waals surface area contributed by atoms with Crippen molar-refractivity contribution in [1.29, 1.82) is 0 Å². The smallest absolute Gasteiger partial charge is 0.387 e. The van der Waals surface area contributed by atoms with Crippen LogP contribution in [-0.4, -0.2) is 28.7 Å². The Morgan fingerprint density at radius 1 is 1.17 bits per heavy atom. The summed E-state index contributed by atoms with van der Waals surface area (Å²) in [7, 11) is 0. The third kappa shape index (κ3) is 5.50. The number of carbonyl (C=O) groups is 1. The van der Waals surface area contributed by atoms with E-state index in [1.54, 1.807) is 19.1 Å². The lowest BCUT2D eigenvalue weighted by Gasteiger charge is -2.31. The van der Waals surface area contributed by atoms with Crippen LogP contribution in [0, 0.1) is 0 Å². The molecule has 1 aliphatic rings. The van der Waals surface area contributed by atoms with Crippen LogP contribution in [0.25, 0.3) is 11.0 Å². The van der Waals surface area contributed by atoms with Crippen LogP contribution in [0.1, 0.15) is 57.6 Å². The number of hydrogen-bond acceptors (Lipinski definition) is 5. The highest BCUT2D eigenvalue weighted by Gasteiger charge is 2.37. The molecule has 0 fully saturated rings. The van der Waals surface area contributed by atoms with Crippen molar-refractivity contribution in [3.8, 4) is 5.75 Å². The van der Waals surface area contributed by atoms with Crippen LogP contribution in [0.4, 0.5) is 14.7 Å². The van der Waals surface area contributed by atoms with Gasteiger partial charge < -0.3 is 14.8 Å². The molecule has 1 aliphatic heterocycles. The molecule has 0 spiro atoms. The predicted octanol–water partition coefficient (Wildman–Crippen LogP) is 7.20. The zero-order chi connectivity index (χ0) is 24.9. The summed E-state index contributed by atoms with van der Waals surface area (Å²) in [5.74, 6) is -0.00817. The minimum Gasteiger partial charge on any atom is -0.462 e. The van der Waals surface area contributed by atoms with Gasteiger partial charge in [0.2, 0.25) is 5.95 Å². The normalized spacial score (nSPS) is 15.3. The van der Waals surface area contributed by atoms with Gasteiger partial charge in [-0.1, -0.05) is 60.7 Å². The third-order valence-electron chi connectivity index (χ3n) is 6.01. The molecule has 1 N–H and O–H groups in total. The highest BCUT2D eigenvalue weighted by Crippen LogP contribution is 2.43. The summed E-state index contributed by atoms with van der Waals surface area (Å²) in [6.07, 6.45) is 5.13. The summed E-state index contributed by atoms with van der Waals surface area (Å²) in [4.78, 5) is 18.1. The number of allylic oxidation sites excluding steroid dienone is 1. The Labute approximate surface area is 211 Å². The van der Waals surface area contributed by atoms with Crippen LogP contribution in [0.3, 0.4) is 0 Å². The van der Waals surface area contributed by atoms with Gasteiger partial charge in [-0.25, -0.2) is 9.78 Å². The Balaban J connectivity index is 1.77. The summed E-state index contributed by atoms with van der Waals surface area (Å²) in [5, 5.41) is 3.20. The molecule has 35 heavy (non-hydrogen) atoms. The number of esters is 1. The topological polar surface area (TPSA) is 65.4 Å². The largest absolute Gasteiger partial charge is 0.462 e. The third-order valence-corrected chi connectivity index (χ3v) is 6.51. The molecule has 1 aromatic heterocycles. The molecule has 3 aromatic rings. The zero-order valence-corrected chi connectivity index (χ0v) is 21.3. The Kier molecular flexibility index (Phi) is 8.05. The van der Waals surface area contributed by atoms with E-state index in [0.29, 0.717) is 39.4 Å². The van der Waals surface area contributed by atoms with E-state index in [0.717, 1.165) is 37.6 Å². The minimum absolute atomic E-state index is 0.0171. The molecule has 0 saturated carbocycles. The van der Waals surface area contributed by atoms with Crippen LogP contribution in [0.2, 0.25) is 0 Å². The number of ether oxygens (including phenoxy) is 2. The van der Waals surface area contributed by atoms with Crippen LogP contribution < -0.4 is 10.1 Å². The van der Waals surface area contributed by atoms with Crippen molar-refractivity contribution in [2.45, 2.75) is 58.6 Å². The minimum atomic E-state index is -3.01. The van der Waals surface area contributed by atoms with Crippen molar-refractivity contribution >= 4 is 38.9 Å². The highest BCUT2D eigenvalue weighted by molar-refractivity contribution is 9.10. The number of anilines is 1. The number of carbonyl (C=O) groups excluding carboxylic acids is 1. The maximum atomic E-state index is 13.4. The van der Waals surface area contributed by atoms with E-state index in [9.17, 15) is 13.6 Å². The van der Waals surface area contributed by atoms with Gasteiger partial charge in [-0.3, -0.25) is 4.57 Å². The van der Waals surface area contributed by atoms with E-state index in [4.69, 9.17) is 9.47 Å². The lowest BCUT2D eigenvalue weighted by molar-refractivity contribution is -0.139. The number of alkyl halides is 2. The van der Waals surface area contributed by atoms with E-state index in [1.807, 2.05) is 28.8 Å². The second kappa shape index (κ2) is 11.2. The fourth-order valence-electron chi connectivity index (χ4n) is 4.41. The summed E-state index contributed by atoms with van der Waals surface area (Å²) < 4.78 is 39.7. The molecule has 2 aromatic carbocycles. The summed E-state index contributed by atoms with van der Waals surface area (Å²) in [6.45, 7) is 1.19. The maximum absolute atomic E-state index is 13.4. The second-order valence-corrected chi connectivity index (χ2v) is 9.39. The molecule has 0 amide bonds. The number of halogens is 3. The Bertz CT molecular complexity index is 1240. The summed E-state index contributed by atoms with van der Waals surface area (Å²) >= 11 is 3.44. The van der Waals surface area contributed by atoms with Gasteiger partial charge in [-0.15, -0.1) is 0 Å². The van der Waals surface area contributed by atoms with Crippen molar-refractivity contribution in [3.63, 3.8) is 0 Å². The molecule has 4 rings (SSSR count). The van der Waals surface area contributed by atoms with Gasteiger partial charge in [0.1, 0.15) is 5.75 Å². The van der Waals surface area contributed by atoms with Crippen LogP contribution in [0.5, 0.6) is 5.75 Å². The lowest BCUT2D eigenvalue weighted by atomic mass is 9.94. The molecular formula is C26H28BrF2N3O3. The number of benzene rings is 2. The first-order chi connectivity index (χ1) is 16.9. The second-order valence-electron chi connectivity index (χ2n) is 8.47. The van der Waals surface area contributed by atoms with Crippen molar-refractivity contribution in [3.05, 3.63) is 63.8 Å². The molecule has 0 saturated heterocycles. The molecule has 186 valence electrons. The first kappa shape index (κ1) is 25.2. The van der Waals surface area contributed by atoms with Crippen molar-refractivity contribution < 1.29 is 23.0 Å². The number of hydrogen-bond donors (Lipinski definition) is 1. The predicted molar refractivity (Wildman–Crippen MR) is 135 cm³/mol. The fourth-order valence-corrected chi connectivity index (χ4v) is 4.79. The molecule has 9 heteroatoms. The van der Waals surface area contributed by atoms with Crippen molar-refractivity contribution in [2.24, 2.45) is 0 Å². The first-order valence-electron chi connectivity index (χ1n) is 11.8. The lowest BCUT2D eigenvalue weighted by Crippen LogP contribution is -2.29. The molecule has 0 bridgehead atoms. The number of rotatable bonds is 10. The van der Waals surface area contributed by atoms with Gasteiger partial charge in [-0.2, -0.15) is 8.78 Å². The number of imidazole rings is 1. The average molecular weight is 548 g/mol. The molecule has 2 heterocycles. The van der Waals surface area contributed by atoms with E-state index >= 15 is 0 Å². The number of fused-ring (bicyclic) bond motifs is 3. The summed E-state index contributed by atoms with van der Waals surface area (Å²) in [6, 6.07) is 11.5. The SMILES string of the molecule is CCCCCCCOC(=O)C1=C(C)Nc2nc3ccccc3n2[C@H]1c1cc(Br)ccc1OC(F)F. The van der Waals surface area contributed by atoms with Gasteiger partial charge in [0.05, 0.1) is 29.3 Å². The van der Waals surface area contributed by atoms with Gasteiger partial charge in [0.25, 0.3) is 0 Å². The number of unbranched alkanes of at least 4 members (excludes halogenated alkanes) is 4. The number of nitrogens with zero attached hydrogens (tertiary/aromatic N) is 2.